The van der Waals surface area contributed by atoms with Gasteiger partial charge in [0.25, 0.3) is 0 Å². The maximum absolute atomic E-state index is 12.0. The molecule has 2 rings (SSSR count). The molecule has 1 heterocycles. The summed E-state index contributed by atoms with van der Waals surface area (Å²) in [4.78, 5) is 12.0. The maximum Gasteiger partial charge on any atom is 0.327 e. The van der Waals surface area contributed by atoms with Gasteiger partial charge in [-0.25, -0.2) is 0 Å². The molecule has 19 heavy (non-hydrogen) atoms. The van der Waals surface area contributed by atoms with Crippen LogP contribution in [0.3, 0.4) is 0 Å². The Kier molecular flexibility index (Phi) is 3.69. The van der Waals surface area contributed by atoms with Gasteiger partial charge in [0.15, 0.2) is 0 Å². The van der Waals surface area contributed by atoms with Crippen molar-refractivity contribution in [3.05, 3.63) is 0 Å². The van der Waals surface area contributed by atoms with Crippen molar-refractivity contribution in [2.24, 2.45) is 0 Å². The lowest BCUT2D eigenvalue weighted by Gasteiger charge is -2.40. The number of carboxylic acid groups (broad SMARTS) is 1. The minimum atomic E-state index is -0.974. The SMILES string of the molecule is CC1(C)CC(NC2CCCCC2)(C(=O)O)C(C)(C)O1. The van der Waals surface area contributed by atoms with E-state index in [-0.39, 0.29) is 0 Å². The van der Waals surface area contributed by atoms with Crippen LogP contribution in [0.4, 0.5) is 0 Å². The average molecular weight is 269 g/mol. The first-order chi connectivity index (χ1) is 8.69. The van der Waals surface area contributed by atoms with E-state index in [0.717, 1.165) is 12.8 Å². The molecule has 4 heteroatoms. The van der Waals surface area contributed by atoms with Gasteiger partial charge in [-0.15, -0.1) is 0 Å². The zero-order valence-electron chi connectivity index (χ0n) is 12.6. The standard InChI is InChI=1S/C15H27NO3/c1-13(2)10-15(12(17)18,14(3,4)19-13)16-11-8-6-5-7-9-11/h11,16H,5-10H2,1-4H3,(H,17,18). The van der Waals surface area contributed by atoms with Crippen molar-refractivity contribution in [1.82, 2.24) is 5.32 Å². The minimum absolute atomic E-state index is 0.307. The molecule has 110 valence electrons. The molecule has 2 N–H and O–H groups in total. The number of ether oxygens (including phenoxy) is 1. The van der Waals surface area contributed by atoms with Crippen LogP contribution in [0.2, 0.25) is 0 Å². The van der Waals surface area contributed by atoms with E-state index in [0.29, 0.717) is 12.5 Å². The predicted octanol–water partition coefficient (Wildman–Crippen LogP) is 2.71. The molecule has 1 atom stereocenters. The Labute approximate surface area is 115 Å². The summed E-state index contributed by atoms with van der Waals surface area (Å²) < 4.78 is 6.01. The number of nitrogens with one attached hydrogen (secondary N) is 1. The van der Waals surface area contributed by atoms with Crippen LogP contribution in [0.1, 0.15) is 66.2 Å². The van der Waals surface area contributed by atoms with Gasteiger partial charge in [0.1, 0.15) is 5.54 Å². The van der Waals surface area contributed by atoms with Crippen molar-refractivity contribution < 1.29 is 14.6 Å². The van der Waals surface area contributed by atoms with Gasteiger partial charge in [0.2, 0.25) is 0 Å². The molecule has 2 fully saturated rings. The lowest BCUT2D eigenvalue weighted by molar-refractivity contribution is -0.154. The second-order valence-electron chi connectivity index (χ2n) is 7.24. The van der Waals surface area contributed by atoms with Crippen LogP contribution in [-0.4, -0.2) is 33.9 Å². The summed E-state index contributed by atoms with van der Waals surface area (Å²) in [6.07, 6.45) is 6.32. The van der Waals surface area contributed by atoms with Crippen LogP contribution in [0, 0.1) is 0 Å². The smallest absolute Gasteiger partial charge is 0.327 e. The molecule has 2 aliphatic rings. The van der Waals surface area contributed by atoms with Crippen LogP contribution in [-0.2, 0) is 9.53 Å². The maximum atomic E-state index is 12.0. The largest absolute Gasteiger partial charge is 0.480 e. The Bertz CT molecular complexity index is 358. The first-order valence-corrected chi connectivity index (χ1v) is 7.40. The molecule has 1 aliphatic carbocycles. The molecule has 1 saturated heterocycles. The molecular formula is C15H27NO3. The Hall–Kier alpha value is -0.610. The summed E-state index contributed by atoms with van der Waals surface area (Å²) in [6.45, 7) is 7.74. The highest BCUT2D eigenvalue weighted by Crippen LogP contribution is 2.46. The van der Waals surface area contributed by atoms with Gasteiger partial charge >= 0.3 is 5.97 Å². The Morgan fingerprint density at radius 3 is 2.16 bits per heavy atom. The minimum Gasteiger partial charge on any atom is -0.480 e. The normalized spacial score (nSPS) is 34.3. The Morgan fingerprint density at radius 1 is 1.16 bits per heavy atom. The van der Waals surface area contributed by atoms with Crippen molar-refractivity contribution in [2.45, 2.75) is 89.0 Å². The summed E-state index contributed by atoms with van der Waals surface area (Å²) in [5.41, 5.74) is -2.07. The molecule has 0 aromatic carbocycles. The third kappa shape index (κ3) is 2.65. The summed E-state index contributed by atoms with van der Waals surface area (Å²) in [5, 5.41) is 13.3. The number of hydrogen-bond donors (Lipinski definition) is 2. The second-order valence-corrected chi connectivity index (χ2v) is 7.24. The Balaban J connectivity index is 2.25. The van der Waals surface area contributed by atoms with Gasteiger partial charge in [-0.1, -0.05) is 19.3 Å². The van der Waals surface area contributed by atoms with Crippen LogP contribution in [0.15, 0.2) is 0 Å². The lowest BCUT2D eigenvalue weighted by atomic mass is 9.77. The molecule has 0 aromatic rings. The fraction of sp³-hybridized carbons (Fsp3) is 0.933. The van der Waals surface area contributed by atoms with E-state index in [9.17, 15) is 9.90 Å². The van der Waals surface area contributed by atoms with Gasteiger partial charge in [-0.3, -0.25) is 10.1 Å². The lowest BCUT2D eigenvalue weighted by Crippen LogP contribution is -2.65. The quantitative estimate of drug-likeness (QED) is 0.827. The van der Waals surface area contributed by atoms with E-state index in [1.165, 1.54) is 19.3 Å². The van der Waals surface area contributed by atoms with E-state index in [1.807, 2.05) is 27.7 Å². The summed E-state index contributed by atoms with van der Waals surface area (Å²) in [5.74, 6) is -0.784. The van der Waals surface area contributed by atoms with Crippen molar-refractivity contribution in [1.29, 1.82) is 0 Å². The highest BCUT2D eigenvalue weighted by Gasteiger charge is 2.62. The van der Waals surface area contributed by atoms with E-state index in [2.05, 4.69) is 5.32 Å². The monoisotopic (exact) mass is 269 g/mol. The average Bonchev–Trinajstić information content (AvgIpc) is 2.45. The zero-order valence-corrected chi connectivity index (χ0v) is 12.6. The van der Waals surface area contributed by atoms with Crippen molar-refractivity contribution in [3.8, 4) is 0 Å². The molecule has 0 spiro atoms. The molecule has 0 aromatic heterocycles. The van der Waals surface area contributed by atoms with Crippen LogP contribution in [0.25, 0.3) is 0 Å². The fourth-order valence-electron chi connectivity index (χ4n) is 3.88. The topological polar surface area (TPSA) is 58.6 Å². The number of carbonyl (C=O) groups is 1. The van der Waals surface area contributed by atoms with Gasteiger partial charge < -0.3 is 9.84 Å². The first-order valence-electron chi connectivity index (χ1n) is 7.40. The van der Waals surface area contributed by atoms with E-state index in [4.69, 9.17) is 4.74 Å². The zero-order chi connectivity index (χ0) is 14.3. The molecular weight excluding hydrogens is 242 g/mol. The molecule has 0 bridgehead atoms. The number of carboxylic acids is 1. The predicted molar refractivity (Wildman–Crippen MR) is 74.2 cm³/mol. The fourth-order valence-corrected chi connectivity index (χ4v) is 3.88. The summed E-state index contributed by atoms with van der Waals surface area (Å²) >= 11 is 0. The van der Waals surface area contributed by atoms with Crippen LogP contribution >= 0.6 is 0 Å². The van der Waals surface area contributed by atoms with E-state index < -0.39 is 22.7 Å². The summed E-state index contributed by atoms with van der Waals surface area (Å²) in [6, 6.07) is 0.307. The number of rotatable bonds is 3. The van der Waals surface area contributed by atoms with E-state index >= 15 is 0 Å². The molecule has 1 aliphatic heterocycles. The number of hydrogen-bond acceptors (Lipinski definition) is 3. The highest BCUT2D eigenvalue weighted by atomic mass is 16.5. The molecule has 0 amide bonds. The van der Waals surface area contributed by atoms with Crippen LogP contribution < -0.4 is 5.32 Å². The van der Waals surface area contributed by atoms with Crippen molar-refractivity contribution in [3.63, 3.8) is 0 Å². The van der Waals surface area contributed by atoms with E-state index in [1.54, 1.807) is 0 Å². The van der Waals surface area contributed by atoms with Gasteiger partial charge in [-0.2, -0.15) is 0 Å². The third-order valence-electron chi connectivity index (χ3n) is 4.67. The molecule has 0 radical (unpaired) electrons. The highest BCUT2D eigenvalue weighted by molar-refractivity contribution is 5.81. The van der Waals surface area contributed by atoms with Gasteiger partial charge in [0, 0.05) is 12.5 Å². The molecule has 1 saturated carbocycles. The van der Waals surface area contributed by atoms with Gasteiger partial charge in [-0.05, 0) is 40.5 Å². The van der Waals surface area contributed by atoms with Crippen molar-refractivity contribution in [2.75, 3.05) is 0 Å². The van der Waals surface area contributed by atoms with Crippen LogP contribution in [0.5, 0.6) is 0 Å². The second kappa shape index (κ2) is 4.74. The summed E-state index contributed by atoms with van der Waals surface area (Å²) in [7, 11) is 0. The Morgan fingerprint density at radius 2 is 1.74 bits per heavy atom. The molecule has 1 unspecified atom stereocenters. The molecule has 4 nitrogen and oxygen atoms in total. The first kappa shape index (κ1) is 14.8. The number of aliphatic carboxylic acids is 1. The third-order valence-corrected chi connectivity index (χ3v) is 4.67. The van der Waals surface area contributed by atoms with Gasteiger partial charge in [0.05, 0.1) is 11.2 Å². The van der Waals surface area contributed by atoms with Crippen molar-refractivity contribution >= 4 is 5.97 Å².